The molecule has 1 saturated heterocycles. The Morgan fingerprint density at radius 2 is 1.79 bits per heavy atom. The minimum absolute atomic E-state index is 0.0160. The second kappa shape index (κ2) is 10.7. The molecule has 150 valence electrons. The zero-order valence-corrected chi connectivity index (χ0v) is 17.3. The summed E-state index contributed by atoms with van der Waals surface area (Å²) >= 11 is 11.9. The van der Waals surface area contributed by atoms with Gasteiger partial charge in [-0.05, 0) is 30.2 Å². The number of hydrazine groups is 1. The molecular formula is C21H25Cl2N3O2. The maximum atomic E-state index is 12.1. The highest BCUT2D eigenvalue weighted by atomic mass is 35.5. The molecule has 0 saturated carbocycles. The van der Waals surface area contributed by atoms with E-state index < -0.39 is 0 Å². The molecule has 5 nitrogen and oxygen atoms in total. The summed E-state index contributed by atoms with van der Waals surface area (Å²) in [6.07, 6.45) is 1.04. The van der Waals surface area contributed by atoms with Gasteiger partial charge in [-0.2, -0.15) is 0 Å². The maximum absolute atomic E-state index is 12.1. The second-order valence-electron chi connectivity index (χ2n) is 6.81. The van der Waals surface area contributed by atoms with Gasteiger partial charge in [-0.1, -0.05) is 53.5 Å². The van der Waals surface area contributed by atoms with Crippen LogP contribution < -0.4 is 10.2 Å². The Kier molecular flexibility index (Phi) is 7.98. The van der Waals surface area contributed by atoms with Crippen molar-refractivity contribution in [3.05, 3.63) is 64.1 Å². The first-order valence-corrected chi connectivity index (χ1v) is 10.2. The van der Waals surface area contributed by atoms with E-state index in [1.54, 1.807) is 18.2 Å². The second-order valence-corrected chi connectivity index (χ2v) is 7.65. The zero-order chi connectivity index (χ0) is 19.8. The fourth-order valence-electron chi connectivity index (χ4n) is 3.10. The Morgan fingerprint density at radius 3 is 2.50 bits per heavy atom. The average molecular weight is 422 g/mol. The molecule has 1 heterocycles. The summed E-state index contributed by atoms with van der Waals surface area (Å²) in [5.74, 6) is 0.600. The van der Waals surface area contributed by atoms with Crippen LogP contribution in [0.1, 0.15) is 18.4 Å². The van der Waals surface area contributed by atoms with Crippen LogP contribution in [-0.2, 0) is 11.3 Å². The van der Waals surface area contributed by atoms with Crippen LogP contribution in [0, 0.1) is 0 Å². The highest BCUT2D eigenvalue weighted by Crippen LogP contribution is 2.27. The quantitative estimate of drug-likeness (QED) is 0.654. The fraction of sp³-hybridized carbons (Fsp3) is 0.381. The molecule has 3 rings (SSSR count). The third-order valence-corrected chi connectivity index (χ3v) is 5.13. The lowest BCUT2D eigenvalue weighted by Gasteiger charge is -2.34. The van der Waals surface area contributed by atoms with Gasteiger partial charge in [0.15, 0.2) is 0 Å². The molecule has 2 aromatic rings. The minimum atomic E-state index is 0.0160. The molecule has 0 radical (unpaired) electrons. The SMILES string of the molecule is O=C(CCCOc1ccc(Cl)cc1Cl)NN1CCN(Cc2ccccc2)CC1. The molecular weight excluding hydrogens is 397 g/mol. The van der Waals surface area contributed by atoms with Gasteiger partial charge in [0, 0.05) is 44.2 Å². The van der Waals surface area contributed by atoms with E-state index >= 15 is 0 Å². The van der Waals surface area contributed by atoms with E-state index in [0.717, 1.165) is 32.7 Å². The molecule has 1 amide bonds. The van der Waals surface area contributed by atoms with Crippen LogP contribution in [0.25, 0.3) is 0 Å². The third-order valence-electron chi connectivity index (χ3n) is 4.60. The summed E-state index contributed by atoms with van der Waals surface area (Å²) in [5.41, 5.74) is 4.31. The number of carbonyl (C=O) groups is 1. The van der Waals surface area contributed by atoms with Gasteiger partial charge >= 0.3 is 0 Å². The van der Waals surface area contributed by atoms with E-state index in [9.17, 15) is 4.79 Å². The van der Waals surface area contributed by atoms with Gasteiger partial charge in [-0.25, -0.2) is 5.01 Å². The van der Waals surface area contributed by atoms with Crippen LogP contribution in [0.4, 0.5) is 0 Å². The summed E-state index contributed by atoms with van der Waals surface area (Å²) < 4.78 is 5.61. The number of hydrogen-bond acceptors (Lipinski definition) is 4. The van der Waals surface area contributed by atoms with Crippen LogP contribution in [0.15, 0.2) is 48.5 Å². The first kappa shape index (κ1) is 20.9. The van der Waals surface area contributed by atoms with Crippen molar-refractivity contribution >= 4 is 29.1 Å². The highest BCUT2D eigenvalue weighted by Gasteiger charge is 2.18. The standard InChI is InChI=1S/C21H25Cl2N3O2/c22-18-8-9-20(19(23)15-18)28-14-4-7-21(27)24-26-12-10-25(11-13-26)16-17-5-2-1-3-6-17/h1-3,5-6,8-9,15H,4,7,10-14,16H2,(H,24,27). The van der Waals surface area contributed by atoms with Gasteiger partial charge in [0.2, 0.25) is 5.91 Å². The highest BCUT2D eigenvalue weighted by molar-refractivity contribution is 6.35. The topological polar surface area (TPSA) is 44.8 Å². The van der Waals surface area contributed by atoms with Crippen molar-refractivity contribution in [2.75, 3.05) is 32.8 Å². The molecule has 0 aliphatic carbocycles. The van der Waals surface area contributed by atoms with E-state index in [1.807, 2.05) is 11.1 Å². The molecule has 1 fully saturated rings. The Morgan fingerprint density at radius 1 is 1.04 bits per heavy atom. The van der Waals surface area contributed by atoms with Crippen LogP contribution in [0.5, 0.6) is 5.75 Å². The van der Waals surface area contributed by atoms with Gasteiger partial charge in [0.05, 0.1) is 11.6 Å². The first-order valence-electron chi connectivity index (χ1n) is 9.49. The van der Waals surface area contributed by atoms with Crippen LogP contribution in [0.2, 0.25) is 10.0 Å². The van der Waals surface area contributed by atoms with Crippen LogP contribution in [-0.4, -0.2) is 48.6 Å². The smallest absolute Gasteiger partial charge is 0.234 e. The monoisotopic (exact) mass is 421 g/mol. The number of halogens is 2. The van der Waals surface area contributed by atoms with Crippen molar-refractivity contribution in [3.8, 4) is 5.75 Å². The van der Waals surface area contributed by atoms with Crippen molar-refractivity contribution in [2.45, 2.75) is 19.4 Å². The number of rotatable bonds is 8. The van der Waals surface area contributed by atoms with Crippen LogP contribution in [0.3, 0.4) is 0 Å². The van der Waals surface area contributed by atoms with Crippen molar-refractivity contribution in [3.63, 3.8) is 0 Å². The number of carbonyl (C=O) groups excluding carboxylic acids is 1. The molecule has 1 aliphatic rings. The predicted octanol–water partition coefficient (Wildman–Crippen LogP) is 4.00. The van der Waals surface area contributed by atoms with Gasteiger partial charge < -0.3 is 4.74 Å². The summed E-state index contributed by atoms with van der Waals surface area (Å²) in [7, 11) is 0. The summed E-state index contributed by atoms with van der Waals surface area (Å²) in [5, 5.41) is 3.05. The molecule has 7 heteroatoms. The van der Waals surface area contributed by atoms with E-state index in [2.05, 4.69) is 34.6 Å². The van der Waals surface area contributed by atoms with Gasteiger partial charge in [-0.3, -0.25) is 15.1 Å². The number of amides is 1. The Hall–Kier alpha value is -1.79. The summed E-state index contributed by atoms with van der Waals surface area (Å²) in [4.78, 5) is 14.5. The lowest BCUT2D eigenvalue weighted by Crippen LogP contribution is -2.53. The van der Waals surface area contributed by atoms with Crippen molar-refractivity contribution in [1.82, 2.24) is 15.3 Å². The third kappa shape index (κ3) is 6.67. The Balaban J connectivity index is 1.30. The number of nitrogens with one attached hydrogen (secondary N) is 1. The number of ether oxygens (including phenoxy) is 1. The van der Waals surface area contributed by atoms with Gasteiger partial charge in [0.25, 0.3) is 0 Å². The zero-order valence-electron chi connectivity index (χ0n) is 15.7. The largest absolute Gasteiger partial charge is 0.492 e. The Labute approximate surface area is 176 Å². The molecule has 0 atom stereocenters. The van der Waals surface area contributed by atoms with E-state index in [1.165, 1.54) is 5.56 Å². The number of piperazine rings is 1. The molecule has 28 heavy (non-hydrogen) atoms. The average Bonchev–Trinajstić information content (AvgIpc) is 2.69. The van der Waals surface area contributed by atoms with E-state index in [-0.39, 0.29) is 5.91 Å². The summed E-state index contributed by atoms with van der Waals surface area (Å²) in [6.45, 7) is 4.92. The number of nitrogens with zero attached hydrogens (tertiary/aromatic N) is 2. The first-order chi connectivity index (χ1) is 13.6. The molecule has 1 aliphatic heterocycles. The van der Waals surface area contributed by atoms with Gasteiger partial charge in [0.1, 0.15) is 5.75 Å². The van der Waals surface area contributed by atoms with Crippen molar-refractivity contribution in [1.29, 1.82) is 0 Å². The Bertz CT molecular complexity index is 766. The normalized spacial score (nSPS) is 15.4. The number of benzene rings is 2. The van der Waals surface area contributed by atoms with Crippen LogP contribution >= 0.6 is 23.2 Å². The van der Waals surface area contributed by atoms with Gasteiger partial charge in [-0.15, -0.1) is 0 Å². The number of hydrogen-bond donors (Lipinski definition) is 1. The maximum Gasteiger partial charge on any atom is 0.234 e. The molecule has 0 spiro atoms. The van der Waals surface area contributed by atoms with Crippen molar-refractivity contribution < 1.29 is 9.53 Å². The molecule has 0 unspecified atom stereocenters. The predicted molar refractivity (Wildman–Crippen MR) is 113 cm³/mol. The van der Waals surface area contributed by atoms with Crippen molar-refractivity contribution in [2.24, 2.45) is 0 Å². The lowest BCUT2D eigenvalue weighted by molar-refractivity contribution is -0.127. The molecule has 2 aromatic carbocycles. The van der Waals surface area contributed by atoms with E-state index in [4.69, 9.17) is 27.9 Å². The molecule has 0 aromatic heterocycles. The minimum Gasteiger partial charge on any atom is -0.492 e. The summed E-state index contributed by atoms with van der Waals surface area (Å²) in [6, 6.07) is 15.6. The molecule has 1 N–H and O–H groups in total. The fourth-order valence-corrected chi connectivity index (χ4v) is 3.56. The molecule has 0 bridgehead atoms. The lowest BCUT2D eigenvalue weighted by atomic mass is 10.2. The van der Waals surface area contributed by atoms with E-state index in [0.29, 0.717) is 35.2 Å².